The van der Waals surface area contributed by atoms with Crippen LogP contribution in [0.5, 0.6) is 0 Å². The van der Waals surface area contributed by atoms with Crippen molar-refractivity contribution in [1.29, 1.82) is 0 Å². The molecule has 84 valence electrons. The highest BCUT2D eigenvalue weighted by molar-refractivity contribution is 7.89. The van der Waals surface area contributed by atoms with E-state index in [1.54, 1.807) is 6.92 Å². The zero-order valence-electron chi connectivity index (χ0n) is 8.27. The summed E-state index contributed by atoms with van der Waals surface area (Å²) in [5.74, 6) is 0. The van der Waals surface area contributed by atoms with Gasteiger partial charge < -0.3 is 5.11 Å². The third-order valence-corrected chi connectivity index (χ3v) is 4.14. The molecule has 0 aliphatic heterocycles. The van der Waals surface area contributed by atoms with Gasteiger partial charge in [-0.3, -0.25) is 5.10 Å². The molecule has 0 aromatic carbocycles. The fraction of sp³-hybridized carbons (Fsp3) is 0.625. The normalized spacial score (nSPS) is 26.3. The van der Waals surface area contributed by atoms with Gasteiger partial charge >= 0.3 is 0 Å². The lowest BCUT2D eigenvalue weighted by Crippen LogP contribution is -2.46. The molecule has 15 heavy (non-hydrogen) atoms. The van der Waals surface area contributed by atoms with Crippen LogP contribution in [-0.2, 0) is 10.0 Å². The van der Waals surface area contributed by atoms with Gasteiger partial charge in [0.05, 0.1) is 18.0 Å². The number of nitrogens with zero attached hydrogens (tertiary/aromatic N) is 1. The lowest BCUT2D eigenvalue weighted by atomic mass is 9.91. The molecule has 0 radical (unpaired) electrons. The van der Waals surface area contributed by atoms with Crippen LogP contribution in [0.3, 0.4) is 0 Å². The minimum atomic E-state index is -3.49. The monoisotopic (exact) mass is 231 g/mol. The van der Waals surface area contributed by atoms with Gasteiger partial charge in [0.15, 0.2) is 0 Å². The van der Waals surface area contributed by atoms with Crippen molar-refractivity contribution in [3.05, 3.63) is 11.9 Å². The van der Waals surface area contributed by atoms with E-state index in [9.17, 15) is 8.42 Å². The van der Waals surface area contributed by atoms with E-state index in [2.05, 4.69) is 14.9 Å². The van der Waals surface area contributed by atoms with Crippen LogP contribution in [0.15, 0.2) is 11.1 Å². The number of nitrogens with one attached hydrogen (secondary N) is 2. The predicted octanol–water partition coefficient (Wildman–Crippen LogP) is -0.480. The van der Waals surface area contributed by atoms with E-state index in [0.717, 1.165) is 0 Å². The third kappa shape index (κ3) is 2.04. The van der Waals surface area contributed by atoms with Gasteiger partial charge in [-0.2, -0.15) is 5.10 Å². The van der Waals surface area contributed by atoms with Crippen LogP contribution in [0.1, 0.15) is 18.5 Å². The molecule has 1 aliphatic carbocycles. The standard InChI is InChI=1S/C8H13N3O3S/c1-5-8(4-9-10-5)15(13,14)11-6-2-7(12)3-6/h4,6-7,11-12H,2-3H2,1H3,(H,9,10). The molecule has 6 nitrogen and oxygen atoms in total. The Hall–Kier alpha value is -0.920. The molecular weight excluding hydrogens is 218 g/mol. The smallest absolute Gasteiger partial charge is 0.244 e. The molecule has 0 saturated heterocycles. The summed E-state index contributed by atoms with van der Waals surface area (Å²) >= 11 is 0. The van der Waals surface area contributed by atoms with Gasteiger partial charge in [-0.15, -0.1) is 0 Å². The zero-order valence-corrected chi connectivity index (χ0v) is 9.08. The molecule has 1 saturated carbocycles. The molecule has 0 unspecified atom stereocenters. The highest BCUT2D eigenvalue weighted by atomic mass is 32.2. The van der Waals surface area contributed by atoms with E-state index in [0.29, 0.717) is 18.5 Å². The topological polar surface area (TPSA) is 95.1 Å². The van der Waals surface area contributed by atoms with Crippen molar-refractivity contribution in [1.82, 2.24) is 14.9 Å². The van der Waals surface area contributed by atoms with Crippen LogP contribution >= 0.6 is 0 Å². The summed E-state index contributed by atoms with van der Waals surface area (Å²) in [5.41, 5.74) is 0.516. The van der Waals surface area contributed by atoms with E-state index in [4.69, 9.17) is 5.11 Å². The number of aryl methyl sites for hydroxylation is 1. The van der Waals surface area contributed by atoms with Crippen molar-refractivity contribution in [3.8, 4) is 0 Å². The van der Waals surface area contributed by atoms with Crippen LogP contribution in [0.4, 0.5) is 0 Å². The average Bonchev–Trinajstić information content (AvgIpc) is 2.48. The number of hydrogen-bond donors (Lipinski definition) is 3. The molecule has 1 aromatic rings. The van der Waals surface area contributed by atoms with Crippen molar-refractivity contribution in [3.63, 3.8) is 0 Å². The first-order valence-electron chi connectivity index (χ1n) is 4.69. The Morgan fingerprint density at radius 1 is 1.60 bits per heavy atom. The van der Waals surface area contributed by atoms with Crippen molar-refractivity contribution in [2.45, 2.75) is 36.8 Å². The summed E-state index contributed by atoms with van der Waals surface area (Å²) < 4.78 is 26.1. The van der Waals surface area contributed by atoms with Gasteiger partial charge in [-0.25, -0.2) is 13.1 Å². The molecule has 0 bridgehead atoms. The third-order valence-electron chi connectivity index (χ3n) is 2.51. The van der Waals surface area contributed by atoms with Crippen LogP contribution in [0, 0.1) is 6.92 Å². The van der Waals surface area contributed by atoms with Gasteiger partial charge in [0.2, 0.25) is 10.0 Å². The van der Waals surface area contributed by atoms with E-state index in [-0.39, 0.29) is 17.0 Å². The largest absolute Gasteiger partial charge is 0.393 e. The number of aromatic amines is 1. The number of aliphatic hydroxyl groups is 1. The number of aromatic nitrogens is 2. The minimum absolute atomic E-state index is 0.153. The molecule has 1 aromatic heterocycles. The van der Waals surface area contributed by atoms with Gasteiger partial charge in [0.1, 0.15) is 4.90 Å². The molecule has 1 aliphatic rings. The molecule has 0 atom stereocenters. The summed E-state index contributed by atoms with van der Waals surface area (Å²) in [6.07, 6.45) is 1.88. The molecule has 1 fully saturated rings. The number of sulfonamides is 1. The Kier molecular flexibility index (Phi) is 2.53. The maximum absolute atomic E-state index is 11.8. The fourth-order valence-electron chi connectivity index (χ4n) is 1.58. The maximum Gasteiger partial charge on any atom is 0.244 e. The number of hydrogen-bond acceptors (Lipinski definition) is 4. The van der Waals surface area contributed by atoms with Crippen LogP contribution in [0.2, 0.25) is 0 Å². The molecule has 3 N–H and O–H groups in total. The zero-order chi connectivity index (χ0) is 11.1. The summed E-state index contributed by atoms with van der Waals surface area (Å²) in [6.45, 7) is 1.65. The second-order valence-corrected chi connectivity index (χ2v) is 5.49. The molecule has 2 rings (SSSR count). The molecular formula is C8H13N3O3S. The first-order valence-corrected chi connectivity index (χ1v) is 6.18. The first kappa shape index (κ1) is 10.6. The summed E-state index contributed by atoms with van der Waals surface area (Å²) in [6, 6.07) is -0.153. The van der Waals surface area contributed by atoms with Crippen molar-refractivity contribution < 1.29 is 13.5 Å². The lowest BCUT2D eigenvalue weighted by molar-refractivity contribution is 0.0712. The van der Waals surface area contributed by atoms with Crippen molar-refractivity contribution >= 4 is 10.0 Å². The fourth-order valence-corrected chi connectivity index (χ4v) is 2.98. The quantitative estimate of drug-likeness (QED) is 0.654. The molecule has 0 spiro atoms. The highest BCUT2D eigenvalue weighted by Crippen LogP contribution is 2.22. The van der Waals surface area contributed by atoms with E-state index in [1.165, 1.54) is 6.20 Å². The first-order chi connectivity index (χ1) is 6.99. The second kappa shape index (κ2) is 3.58. The van der Waals surface area contributed by atoms with Crippen LogP contribution in [0.25, 0.3) is 0 Å². The highest BCUT2D eigenvalue weighted by Gasteiger charge is 2.32. The Labute approximate surface area is 87.8 Å². The Bertz CT molecular complexity index is 447. The van der Waals surface area contributed by atoms with Crippen LogP contribution in [-0.4, -0.2) is 35.9 Å². The Balaban J connectivity index is 2.11. The van der Waals surface area contributed by atoms with Gasteiger partial charge in [0.25, 0.3) is 0 Å². The summed E-state index contributed by atoms with van der Waals surface area (Å²) in [5, 5.41) is 15.3. The second-order valence-electron chi connectivity index (χ2n) is 3.80. The lowest BCUT2D eigenvalue weighted by Gasteiger charge is -2.31. The van der Waals surface area contributed by atoms with Gasteiger partial charge in [0, 0.05) is 6.04 Å². The SMILES string of the molecule is Cc1[nH]ncc1S(=O)(=O)NC1CC(O)C1. The molecule has 0 amide bonds. The van der Waals surface area contributed by atoms with E-state index in [1.807, 2.05) is 0 Å². The minimum Gasteiger partial charge on any atom is -0.393 e. The average molecular weight is 231 g/mol. The Morgan fingerprint density at radius 3 is 2.73 bits per heavy atom. The predicted molar refractivity (Wildman–Crippen MR) is 52.7 cm³/mol. The molecule has 1 heterocycles. The number of aliphatic hydroxyl groups excluding tert-OH is 1. The summed E-state index contributed by atoms with van der Waals surface area (Å²) in [4.78, 5) is 0.170. The molecule has 7 heteroatoms. The van der Waals surface area contributed by atoms with E-state index < -0.39 is 10.0 Å². The summed E-state index contributed by atoms with van der Waals surface area (Å²) in [7, 11) is -3.49. The van der Waals surface area contributed by atoms with Crippen molar-refractivity contribution in [2.24, 2.45) is 0 Å². The van der Waals surface area contributed by atoms with E-state index >= 15 is 0 Å². The van der Waals surface area contributed by atoms with Crippen molar-refractivity contribution in [2.75, 3.05) is 0 Å². The number of rotatable bonds is 3. The number of H-pyrrole nitrogens is 1. The Morgan fingerprint density at radius 2 is 2.27 bits per heavy atom. The van der Waals surface area contributed by atoms with Crippen LogP contribution < -0.4 is 4.72 Å². The van der Waals surface area contributed by atoms with Gasteiger partial charge in [-0.1, -0.05) is 0 Å². The van der Waals surface area contributed by atoms with Gasteiger partial charge in [-0.05, 0) is 19.8 Å². The maximum atomic E-state index is 11.8.